The highest BCUT2D eigenvalue weighted by molar-refractivity contribution is 9.09. The Labute approximate surface area is 91.9 Å². The largest absolute Gasteiger partial charge is 0.390 e. The van der Waals surface area contributed by atoms with Crippen LogP contribution in [0.4, 0.5) is 0 Å². The molecule has 0 bridgehead atoms. The van der Waals surface area contributed by atoms with Crippen LogP contribution in [0.15, 0.2) is 18.3 Å². The molecule has 0 aliphatic heterocycles. The van der Waals surface area contributed by atoms with Crippen molar-refractivity contribution in [3.63, 3.8) is 0 Å². The van der Waals surface area contributed by atoms with Crippen molar-refractivity contribution in [3.05, 3.63) is 29.6 Å². The summed E-state index contributed by atoms with van der Waals surface area (Å²) in [5.41, 5.74) is 1.56. The maximum atomic E-state index is 9.68. The van der Waals surface area contributed by atoms with Crippen molar-refractivity contribution < 1.29 is 10.2 Å². The Kier molecular flexibility index (Phi) is 4.51. The minimum atomic E-state index is -0.895. The molecule has 0 aliphatic rings. The van der Waals surface area contributed by atoms with Crippen LogP contribution < -0.4 is 0 Å². The minimum absolute atomic E-state index is 0.511. The lowest BCUT2D eigenvalue weighted by Gasteiger charge is -2.16. The summed E-state index contributed by atoms with van der Waals surface area (Å²) < 4.78 is 0. The molecule has 0 amide bonds. The third kappa shape index (κ3) is 3.04. The van der Waals surface area contributed by atoms with Gasteiger partial charge in [0.05, 0.1) is 11.8 Å². The molecule has 1 aromatic rings. The van der Waals surface area contributed by atoms with Gasteiger partial charge in [-0.25, -0.2) is 0 Å². The molecule has 0 spiro atoms. The highest BCUT2D eigenvalue weighted by atomic mass is 79.9. The summed E-state index contributed by atoms with van der Waals surface area (Å²) in [6.45, 7) is 1.93. The Morgan fingerprint density at radius 2 is 2.14 bits per heavy atom. The molecule has 1 rings (SSSR count). The molecular weight excluding hydrogens is 246 g/mol. The molecule has 4 heteroatoms. The minimum Gasteiger partial charge on any atom is -0.390 e. The third-order valence-electron chi connectivity index (χ3n) is 2.01. The van der Waals surface area contributed by atoms with Gasteiger partial charge >= 0.3 is 0 Å². The van der Waals surface area contributed by atoms with Crippen molar-refractivity contribution in [2.75, 3.05) is 5.33 Å². The first-order valence-corrected chi connectivity index (χ1v) is 5.62. The summed E-state index contributed by atoms with van der Waals surface area (Å²) in [5, 5.41) is 19.9. The number of aromatic nitrogens is 1. The van der Waals surface area contributed by atoms with E-state index in [2.05, 4.69) is 20.9 Å². The van der Waals surface area contributed by atoms with Gasteiger partial charge in [0.1, 0.15) is 6.10 Å². The fourth-order valence-corrected chi connectivity index (χ4v) is 1.59. The van der Waals surface area contributed by atoms with Gasteiger partial charge in [-0.1, -0.05) is 22.0 Å². The maximum Gasteiger partial charge on any atom is 0.122 e. The second kappa shape index (κ2) is 5.44. The molecule has 0 radical (unpaired) electrons. The van der Waals surface area contributed by atoms with E-state index in [9.17, 15) is 10.2 Å². The van der Waals surface area contributed by atoms with Gasteiger partial charge in [0.25, 0.3) is 0 Å². The Bertz CT molecular complexity index is 276. The van der Waals surface area contributed by atoms with Crippen LogP contribution in [-0.2, 0) is 0 Å². The second-order valence-electron chi connectivity index (χ2n) is 3.25. The van der Waals surface area contributed by atoms with E-state index in [0.717, 1.165) is 5.56 Å². The lowest BCUT2D eigenvalue weighted by atomic mass is 10.1. The van der Waals surface area contributed by atoms with Crippen molar-refractivity contribution in [1.82, 2.24) is 4.98 Å². The fraction of sp³-hybridized carbons (Fsp3) is 0.500. The molecule has 0 aromatic carbocycles. The molecule has 1 heterocycles. The molecule has 2 atom stereocenters. The molecule has 2 unspecified atom stereocenters. The van der Waals surface area contributed by atoms with E-state index < -0.39 is 12.2 Å². The van der Waals surface area contributed by atoms with Gasteiger partial charge in [-0.2, -0.15) is 0 Å². The highest BCUT2D eigenvalue weighted by Crippen LogP contribution is 2.17. The molecule has 0 saturated carbocycles. The molecule has 78 valence electrons. The van der Waals surface area contributed by atoms with E-state index in [-0.39, 0.29) is 0 Å². The Balaban J connectivity index is 2.68. The molecular formula is C10H14BrNO2. The Morgan fingerprint density at radius 3 is 2.64 bits per heavy atom. The Morgan fingerprint density at radius 1 is 1.43 bits per heavy atom. The monoisotopic (exact) mass is 259 g/mol. The van der Waals surface area contributed by atoms with Crippen molar-refractivity contribution in [2.24, 2.45) is 0 Å². The van der Waals surface area contributed by atoms with Crippen LogP contribution in [0.25, 0.3) is 0 Å². The first-order chi connectivity index (χ1) is 6.65. The summed E-state index contributed by atoms with van der Waals surface area (Å²) in [4.78, 5) is 4.06. The lowest BCUT2D eigenvalue weighted by Crippen LogP contribution is -2.19. The van der Waals surface area contributed by atoms with Gasteiger partial charge < -0.3 is 10.2 Å². The summed E-state index contributed by atoms with van der Waals surface area (Å²) >= 11 is 3.21. The fourth-order valence-electron chi connectivity index (χ4n) is 1.12. The van der Waals surface area contributed by atoms with Gasteiger partial charge in [-0.05, 0) is 25.0 Å². The number of aliphatic hydroxyl groups excluding tert-OH is 2. The van der Waals surface area contributed by atoms with Crippen LogP contribution in [0.5, 0.6) is 0 Å². The first kappa shape index (κ1) is 11.6. The van der Waals surface area contributed by atoms with Gasteiger partial charge in [0.15, 0.2) is 0 Å². The number of rotatable bonds is 4. The van der Waals surface area contributed by atoms with Crippen molar-refractivity contribution in [1.29, 1.82) is 0 Å². The maximum absolute atomic E-state index is 9.68. The second-order valence-corrected chi connectivity index (χ2v) is 4.04. The van der Waals surface area contributed by atoms with Gasteiger partial charge in [0, 0.05) is 11.5 Å². The van der Waals surface area contributed by atoms with E-state index in [0.29, 0.717) is 17.4 Å². The summed E-state index contributed by atoms with van der Waals surface area (Å²) in [6.07, 6.45) is 0.536. The van der Waals surface area contributed by atoms with Gasteiger partial charge in [-0.15, -0.1) is 0 Å². The zero-order valence-electron chi connectivity index (χ0n) is 8.02. The standard InChI is InChI=1S/C10H14BrNO2/c1-7-2-3-8(12-6-7)10(14)9(13)4-5-11/h2-3,6,9-10,13-14H,4-5H2,1H3. The normalized spacial score (nSPS) is 15.1. The highest BCUT2D eigenvalue weighted by Gasteiger charge is 2.18. The number of hydrogen-bond acceptors (Lipinski definition) is 3. The van der Waals surface area contributed by atoms with Gasteiger partial charge in [0.2, 0.25) is 0 Å². The number of nitrogens with zero attached hydrogens (tertiary/aromatic N) is 1. The summed E-state index contributed by atoms with van der Waals surface area (Å²) in [5.74, 6) is 0. The van der Waals surface area contributed by atoms with E-state index in [1.165, 1.54) is 0 Å². The number of hydrogen-bond donors (Lipinski definition) is 2. The van der Waals surface area contributed by atoms with E-state index in [1.54, 1.807) is 12.3 Å². The molecule has 0 saturated heterocycles. The van der Waals surface area contributed by atoms with Crippen LogP contribution in [0, 0.1) is 6.92 Å². The topological polar surface area (TPSA) is 53.4 Å². The number of alkyl halides is 1. The quantitative estimate of drug-likeness (QED) is 0.808. The van der Waals surface area contributed by atoms with Crippen LogP contribution in [0.1, 0.15) is 23.8 Å². The molecule has 2 N–H and O–H groups in total. The predicted octanol–water partition coefficient (Wildman–Crippen LogP) is 1.57. The molecule has 1 aromatic heterocycles. The zero-order chi connectivity index (χ0) is 10.6. The number of pyridine rings is 1. The lowest BCUT2D eigenvalue weighted by molar-refractivity contribution is 0.0148. The first-order valence-electron chi connectivity index (χ1n) is 4.50. The number of aliphatic hydroxyl groups is 2. The van der Waals surface area contributed by atoms with Crippen LogP contribution in [0.3, 0.4) is 0 Å². The molecule has 0 aliphatic carbocycles. The predicted molar refractivity (Wildman–Crippen MR) is 58.4 cm³/mol. The van der Waals surface area contributed by atoms with Crippen LogP contribution in [-0.4, -0.2) is 26.6 Å². The average Bonchev–Trinajstić information content (AvgIpc) is 2.18. The smallest absolute Gasteiger partial charge is 0.122 e. The van der Waals surface area contributed by atoms with Gasteiger partial charge in [-0.3, -0.25) is 4.98 Å². The average molecular weight is 260 g/mol. The Hall–Kier alpha value is -0.450. The summed E-state index contributed by atoms with van der Waals surface area (Å²) in [6, 6.07) is 3.60. The van der Waals surface area contributed by atoms with Crippen molar-refractivity contribution >= 4 is 15.9 Å². The third-order valence-corrected chi connectivity index (χ3v) is 2.46. The summed E-state index contributed by atoms with van der Waals surface area (Å²) in [7, 11) is 0. The van der Waals surface area contributed by atoms with E-state index >= 15 is 0 Å². The van der Waals surface area contributed by atoms with E-state index in [4.69, 9.17) is 0 Å². The molecule has 3 nitrogen and oxygen atoms in total. The zero-order valence-corrected chi connectivity index (χ0v) is 9.61. The van der Waals surface area contributed by atoms with Crippen LogP contribution >= 0.6 is 15.9 Å². The van der Waals surface area contributed by atoms with Crippen molar-refractivity contribution in [3.8, 4) is 0 Å². The molecule has 14 heavy (non-hydrogen) atoms. The van der Waals surface area contributed by atoms with Crippen molar-refractivity contribution in [2.45, 2.75) is 25.6 Å². The van der Waals surface area contributed by atoms with Crippen LogP contribution in [0.2, 0.25) is 0 Å². The number of aryl methyl sites for hydroxylation is 1. The SMILES string of the molecule is Cc1ccc(C(O)C(O)CCBr)nc1. The van der Waals surface area contributed by atoms with E-state index in [1.807, 2.05) is 13.0 Å². The number of halogens is 1. The molecule has 0 fully saturated rings.